The number of benzene rings is 1. The van der Waals surface area contributed by atoms with Gasteiger partial charge in [-0.2, -0.15) is 0 Å². The lowest BCUT2D eigenvalue weighted by atomic mass is 10.2. The van der Waals surface area contributed by atoms with Gasteiger partial charge in [-0.1, -0.05) is 18.7 Å². The van der Waals surface area contributed by atoms with Crippen LogP contribution >= 0.6 is 11.8 Å². The van der Waals surface area contributed by atoms with Crippen molar-refractivity contribution in [3.63, 3.8) is 0 Å². The van der Waals surface area contributed by atoms with Gasteiger partial charge < -0.3 is 15.9 Å². The second-order valence-electron chi connectivity index (χ2n) is 4.96. The van der Waals surface area contributed by atoms with Gasteiger partial charge in [0.15, 0.2) is 5.82 Å². The lowest BCUT2D eigenvalue weighted by Crippen LogP contribution is -2.31. The van der Waals surface area contributed by atoms with Gasteiger partial charge in [0.2, 0.25) is 11.1 Å². The monoisotopic (exact) mass is 335 g/mol. The average Bonchev–Trinajstić information content (AvgIpc) is 2.93. The number of rotatable bonds is 7. The summed E-state index contributed by atoms with van der Waals surface area (Å²) in [5.41, 5.74) is 0.829. The third-order valence-corrected chi connectivity index (χ3v) is 4.27. The number of carbonyl (C=O) groups excluding carboxylic acids is 1. The molecule has 1 amide bonds. The molecule has 0 saturated carbocycles. The van der Waals surface area contributed by atoms with Gasteiger partial charge in [0.1, 0.15) is 5.75 Å². The van der Waals surface area contributed by atoms with Crippen LogP contribution in [-0.4, -0.2) is 39.7 Å². The van der Waals surface area contributed by atoms with Crippen LogP contribution in [-0.2, 0) is 4.79 Å². The van der Waals surface area contributed by atoms with E-state index in [1.54, 1.807) is 7.11 Å². The van der Waals surface area contributed by atoms with E-state index in [-0.39, 0.29) is 11.2 Å². The Labute approximate surface area is 139 Å². The van der Waals surface area contributed by atoms with Crippen molar-refractivity contribution in [2.24, 2.45) is 0 Å². The van der Waals surface area contributed by atoms with Gasteiger partial charge in [-0.3, -0.25) is 4.79 Å². The van der Waals surface area contributed by atoms with Crippen LogP contribution < -0.4 is 15.9 Å². The van der Waals surface area contributed by atoms with E-state index in [4.69, 9.17) is 10.6 Å². The SMILES string of the molecule is CCCNC(=O)[C@H](C)Sc1nnc(-c2ccc(OC)cc2)n1N. The molecular formula is C15H21N5O2S. The number of carbonyl (C=O) groups is 1. The maximum absolute atomic E-state index is 11.9. The van der Waals surface area contributed by atoms with E-state index in [0.717, 1.165) is 17.7 Å². The largest absolute Gasteiger partial charge is 0.497 e. The molecule has 23 heavy (non-hydrogen) atoms. The number of thioether (sulfide) groups is 1. The van der Waals surface area contributed by atoms with Crippen molar-refractivity contribution in [1.29, 1.82) is 0 Å². The quantitative estimate of drug-likeness (QED) is 0.590. The molecule has 7 nitrogen and oxygen atoms in total. The van der Waals surface area contributed by atoms with Crippen molar-refractivity contribution in [2.75, 3.05) is 19.5 Å². The minimum atomic E-state index is -0.295. The molecule has 0 saturated heterocycles. The first-order valence-corrected chi connectivity index (χ1v) is 8.24. The third-order valence-electron chi connectivity index (χ3n) is 3.21. The molecule has 0 bridgehead atoms. The molecule has 3 N–H and O–H groups in total. The van der Waals surface area contributed by atoms with E-state index in [9.17, 15) is 4.79 Å². The van der Waals surface area contributed by atoms with E-state index in [2.05, 4.69) is 15.5 Å². The third kappa shape index (κ3) is 4.16. The van der Waals surface area contributed by atoms with Crippen LogP contribution in [0.1, 0.15) is 20.3 Å². The minimum absolute atomic E-state index is 0.0363. The molecule has 0 spiro atoms. The van der Waals surface area contributed by atoms with Crippen LogP contribution in [0.3, 0.4) is 0 Å². The number of amides is 1. The van der Waals surface area contributed by atoms with Crippen molar-refractivity contribution in [3.05, 3.63) is 24.3 Å². The minimum Gasteiger partial charge on any atom is -0.497 e. The number of nitrogen functional groups attached to an aromatic ring is 1. The molecule has 0 radical (unpaired) electrons. The van der Waals surface area contributed by atoms with Crippen LogP contribution in [0.4, 0.5) is 0 Å². The zero-order valence-electron chi connectivity index (χ0n) is 13.4. The number of nitrogens with two attached hydrogens (primary N) is 1. The van der Waals surface area contributed by atoms with Gasteiger partial charge in [0.05, 0.1) is 12.4 Å². The highest BCUT2D eigenvalue weighted by atomic mass is 32.2. The maximum Gasteiger partial charge on any atom is 0.233 e. The predicted octanol–water partition coefficient (Wildman–Crippen LogP) is 1.67. The molecule has 0 fully saturated rings. The van der Waals surface area contributed by atoms with Gasteiger partial charge in [-0.15, -0.1) is 10.2 Å². The Hall–Kier alpha value is -2.22. The Morgan fingerprint density at radius 3 is 2.70 bits per heavy atom. The molecule has 0 unspecified atom stereocenters. The highest BCUT2D eigenvalue weighted by molar-refractivity contribution is 8.00. The zero-order valence-corrected chi connectivity index (χ0v) is 14.3. The fraction of sp³-hybridized carbons (Fsp3) is 0.400. The second kappa shape index (κ2) is 7.87. The number of methoxy groups -OCH3 is 1. The van der Waals surface area contributed by atoms with E-state index >= 15 is 0 Å². The first-order chi connectivity index (χ1) is 11.1. The molecule has 1 aromatic heterocycles. The van der Waals surface area contributed by atoms with Crippen LogP contribution in [0, 0.1) is 0 Å². The van der Waals surface area contributed by atoms with E-state index in [1.807, 2.05) is 38.1 Å². The van der Waals surface area contributed by atoms with Crippen molar-refractivity contribution < 1.29 is 9.53 Å². The van der Waals surface area contributed by atoms with Gasteiger partial charge in [0, 0.05) is 12.1 Å². The summed E-state index contributed by atoms with van der Waals surface area (Å²) in [6.07, 6.45) is 0.901. The molecule has 1 aromatic carbocycles. The molecule has 2 rings (SSSR count). The normalized spacial score (nSPS) is 12.0. The fourth-order valence-corrected chi connectivity index (χ4v) is 2.69. The number of aromatic nitrogens is 3. The summed E-state index contributed by atoms with van der Waals surface area (Å²) in [7, 11) is 1.61. The Morgan fingerprint density at radius 1 is 1.39 bits per heavy atom. The predicted molar refractivity (Wildman–Crippen MR) is 90.8 cm³/mol. The molecule has 1 heterocycles. The van der Waals surface area contributed by atoms with E-state index in [1.165, 1.54) is 16.4 Å². The molecule has 1 atom stereocenters. The summed E-state index contributed by atoms with van der Waals surface area (Å²) in [5, 5.41) is 11.2. The molecule has 2 aromatic rings. The average molecular weight is 335 g/mol. The molecule has 8 heteroatoms. The van der Waals surface area contributed by atoms with Crippen LogP contribution in [0.2, 0.25) is 0 Å². The lowest BCUT2D eigenvalue weighted by Gasteiger charge is -2.10. The second-order valence-corrected chi connectivity index (χ2v) is 6.26. The number of hydrogen-bond acceptors (Lipinski definition) is 6. The Morgan fingerprint density at radius 2 is 2.09 bits per heavy atom. The molecule has 0 aliphatic carbocycles. The summed E-state index contributed by atoms with van der Waals surface area (Å²) in [6, 6.07) is 7.38. The number of nitrogens with zero attached hydrogens (tertiary/aromatic N) is 3. The summed E-state index contributed by atoms with van der Waals surface area (Å²) >= 11 is 1.28. The topological polar surface area (TPSA) is 95.1 Å². The van der Waals surface area contributed by atoms with Crippen molar-refractivity contribution in [3.8, 4) is 17.1 Å². The lowest BCUT2D eigenvalue weighted by molar-refractivity contribution is -0.120. The van der Waals surface area contributed by atoms with Gasteiger partial charge in [0.25, 0.3) is 0 Å². The summed E-state index contributed by atoms with van der Waals surface area (Å²) in [4.78, 5) is 11.9. The summed E-state index contributed by atoms with van der Waals surface area (Å²) < 4.78 is 6.53. The van der Waals surface area contributed by atoms with Crippen molar-refractivity contribution in [1.82, 2.24) is 20.2 Å². The summed E-state index contributed by atoms with van der Waals surface area (Å²) in [6.45, 7) is 4.49. The highest BCUT2D eigenvalue weighted by Crippen LogP contribution is 2.25. The zero-order chi connectivity index (χ0) is 16.8. The number of nitrogens with one attached hydrogen (secondary N) is 1. The Bertz CT molecular complexity index is 656. The maximum atomic E-state index is 11.9. The van der Waals surface area contributed by atoms with E-state index in [0.29, 0.717) is 17.5 Å². The molecule has 0 aliphatic rings. The van der Waals surface area contributed by atoms with Crippen molar-refractivity contribution >= 4 is 17.7 Å². The van der Waals surface area contributed by atoms with Gasteiger partial charge >= 0.3 is 0 Å². The Balaban J connectivity index is 2.10. The van der Waals surface area contributed by atoms with Gasteiger partial charge in [-0.05, 0) is 37.6 Å². The standard InChI is InChI=1S/C15H21N5O2S/c1-4-9-17-14(21)10(2)23-15-19-18-13(20(15)16)11-5-7-12(22-3)8-6-11/h5-8,10H,4,9,16H2,1-3H3,(H,17,21)/t10-/m0/s1. The Kier molecular flexibility index (Phi) is 5.86. The van der Waals surface area contributed by atoms with Crippen molar-refractivity contribution in [2.45, 2.75) is 30.7 Å². The van der Waals surface area contributed by atoms with Crippen LogP contribution in [0.25, 0.3) is 11.4 Å². The molecular weight excluding hydrogens is 314 g/mol. The molecule has 0 aliphatic heterocycles. The van der Waals surface area contributed by atoms with E-state index < -0.39 is 0 Å². The molecule has 124 valence electrons. The highest BCUT2D eigenvalue weighted by Gasteiger charge is 2.19. The number of ether oxygens (including phenoxy) is 1. The smallest absolute Gasteiger partial charge is 0.233 e. The first kappa shape index (κ1) is 17.1. The van der Waals surface area contributed by atoms with Crippen LogP contribution in [0.5, 0.6) is 5.75 Å². The summed E-state index contributed by atoms with van der Waals surface area (Å²) in [5.74, 6) is 7.32. The van der Waals surface area contributed by atoms with Crippen LogP contribution in [0.15, 0.2) is 29.4 Å². The number of hydrogen-bond donors (Lipinski definition) is 2. The fourth-order valence-electron chi connectivity index (χ4n) is 1.90. The van der Waals surface area contributed by atoms with Gasteiger partial charge in [-0.25, -0.2) is 4.68 Å². The first-order valence-electron chi connectivity index (χ1n) is 7.36.